The largest absolute Gasteiger partial charge is 0.483 e. The summed E-state index contributed by atoms with van der Waals surface area (Å²) in [7, 11) is 1.42. The number of nitrogens with zero attached hydrogens (tertiary/aromatic N) is 1. The van der Waals surface area contributed by atoms with Crippen molar-refractivity contribution in [2.45, 2.75) is 6.18 Å². The highest BCUT2D eigenvalue weighted by molar-refractivity contribution is 5.74. The summed E-state index contributed by atoms with van der Waals surface area (Å²) in [5.41, 5.74) is 0. The zero-order chi connectivity index (χ0) is 8.91. The Bertz CT molecular complexity index is 162. The molecule has 0 aromatic carbocycles. The molecule has 0 fully saturated rings. The molecule has 0 bridgehead atoms. The van der Waals surface area contributed by atoms with E-state index in [1.54, 1.807) is 0 Å². The third-order valence-corrected chi connectivity index (χ3v) is 0.694. The number of halogens is 3. The van der Waals surface area contributed by atoms with Crippen LogP contribution < -0.4 is 0 Å². The quantitative estimate of drug-likeness (QED) is 0.463. The van der Waals surface area contributed by atoms with Crippen molar-refractivity contribution in [2.75, 3.05) is 13.7 Å². The van der Waals surface area contributed by atoms with Gasteiger partial charge in [0, 0.05) is 7.05 Å². The maximum Gasteiger partial charge on any atom is 0.422 e. The van der Waals surface area contributed by atoms with Crippen molar-refractivity contribution in [1.82, 2.24) is 0 Å². The molecule has 5 heteroatoms. The second-order valence-corrected chi connectivity index (χ2v) is 1.76. The Morgan fingerprint density at radius 2 is 2.18 bits per heavy atom. The van der Waals surface area contributed by atoms with E-state index in [0.717, 1.165) is 6.21 Å². The maximum absolute atomic E-state index is 11.4. The zero-order valence-electron chi connectivity index (χ0n) is 5.98. The number of alkyl halides is 3. The maximum atomic E-state index is 11.4. The van der Waals surface area contributed by atoms with Gasteiger partial charge in [0.2, 0.25) is 0 Å². The fourth-order valence-corrected chi connectivity index (χ4v) is 0.356. The van der Waals surface area contributed by atoms with Gasteiger partial charge in [0.15, 0.2) is 6.61 Å². The summed E-state index contributed by atoms with van der Waals surface area (Å²) in [5, 5.41) is 0. The zero-order valence-corrected chi connectivity index (χ0v) is 5.98. The third-order valence-electron chi connectivity index (χ3n) is 0.694. The molecule has 0 saturated heterocycles. The van der Waals surface area contributed by atoms with Crippen molar-refractivity contribution < 1.29 is 17.9 Å². The van der Waals surface area contributed by atoms with Crippen LogP contribution in [0.25, 0.3) is 0 Å². The van der Waals surface area contributed by atoms with E-state index in [0.29, 0.717) is 0 Å². The lowest BCUT2D eigenvalue weighted by Gasteiger charge is -2.07. The van der Waals surface area contributed by atoms with Crippen molar-refractivity contribution in [3.05, 3.63) is 12.3 Å². The van der Waals surface area contributed by atoms with Crippen LogP contribution in [0.5, 0.6) is 0 Å². The Balaban J connectivity index is 3.63. The number of allylic oxidation sites excluding steroid dienone is 1. The first kappa shape index (κ1) is 10.0. The van der Waals surface area contributed by atoms with Gasteiger partial charge in [-0.2, -0.15) is 13.2 Å². The van der Waals surface area contributed by atoms with Crippen LogP contribution in [0, 0.1) is 0 Å². The van der Waals surface area contributed by atoms with Gasteiger partial charge in [0.1, 0.15) is 5.76 Å². The first-order valence-electron chi connectivity index (χ1n) is 2.76. The van der Waals surface area contributed by atoms with Crippen LogP contribution in [0.1, 0.15) is 0 Å². The van der Waals surface area contributed by atoms with Gasteiger partial charge >= 0.3 is 6.18 Å². The van der Waals surface area contributed by atoms with Gasteiger partial charge in [0.05, 0.1) is 6.21 Å². The summed E-state index contributed by atoms with van der Waals surface area (Å²) in [6, 6.07) is 0. The molecule has 0 atom stereocenters. The molecular weight excluding hydrogens is 159 g/mol. The predicted octanol–water partition coefficient (Wildman–Crippen LogP) is 1.78. The van der Waals surface area contributed by atoms with Gasteiger partial charge in [-0.1, -0.05) is 6.58 Å². The summed E-state index contributed by atoms with van der Waals surface area (Å²) >= 11 is 0. The van der Waals surface area contributed by atoms with Crippen LogP contribution >= 0.6 is 0 Å². The minimum atomic E-state index is -4.31. The van der Waals surface area contributed by atoms with E-state index in [4.69, 9.17) is 0 Å². The molecule has 0 amide bonds. The van der Waals surface area contributed by atoms with Crippen molar-refractivity contribution in [1.29, 1.82) is 0 Å². The Kier molecular flexibility index (Phi) is 3.64. The molecule has 0 unspecified atom stereocenters. The molecule has 0 rings (SSSR count). The highest BCUT2D eigenvalue weighted by Gasteiger charge is 2.28. The van der Waals surface area contributed by atoms with Gasteiger partial charge in [-0.15, -0.1) is 0 Å². The molecular formula is C6H8F3NO. The molecule has 0 aliphatic heterocycles. The highest BCUT2D eigenvalue weighted by Crippen LogP contribution is 2.15. The van der Waals surface area contributed by atoms with E-state index in [2.05, 4.69) is 16.3 Å². The number of hydrogen-bond acceptors (Lipinski definition) is 2. The van der Waals surface area contributed by atoms with Crippen molar-refractivity contribution in [3.8, 4) is 0 Å². The fourth-order valence-electron chi connectivity index (χ4n) is 0.356. The average Bonchev–Trinajstić information content (AvgIpc) is 1.83. The third kappa shape index (κ3) is 6.89. The summed E-state index contributed by atoms with van der Waals surface area (Å²) in [4.78, 5) is 3.42. The minimum Gasteiger partial charge on any atom is -0.483 e. The lowest BCUT2D eigenvalue weighted by atomic mass is 10.6. The second kappa shape index (κ2) is 4.00. The molecule has 0 saturated carbocycles. The molecule has 2 nitrogen and oxygen atoms in total. The molecule has 0 aliphatic carbocycles. The summed E-state index contributed by atoms with van der Waals surface area (Å²) in [6.07, 6.45) is -3.20. The van der Waals surface area contributed by atoms with Crippen molar-refractivity contribution in [2.24, 2.45) is 4.99 Å². The molecule has 0 heterocycles. The Morgan fingerprint density at radius 3 is 2.55 bits per heavy atom. The normalized spacial score (nSPS) is 12.0. The first-order chi connectivity index (χ1) is 4.95. The average molecular weight is 167 g/mol. The smallest absolute Gasteiger partial charge is 0.422 e. The van der Waals surface area contributed by atoms with Gasteiger partial charge in [0.25, 0.3) is 0 Å². The molecule has 0 N–H and O–H groups in total. The Hall–Kier alpha value is -1.00. The number of hydrogen-bond donors (Lipinski definition) is 0. The number of ether oxygens (including phenoxy) is 1. The van der Waals surface area contributed by atoms with Crippen LogP contribution in [0.4, 0.5) is 13.2 Å². The SMILES string of the molecule is C=C(/C=N\C)OCC(F)(F)F. The first-order valence-corrected chi connectivity index (χ1v) is 2.76. The molecule has 0 aromatic rings. The summed E-state index contributed by atoms with van der Waals surface area (Å²) in [6.45, 7) is 1.85. The summed E-state index contributed by atoms with van der Waals surface area (Å²) in [5.74, 6) is -0.0928. The molecule has 0 aromatic heterocycles. The van der Waals surface area contributed by atoms with Gasteiger partial charge in [-0.3, -0.25) is 4.99 Å². The van der Waals surface area contributed by atoms with Crippen molar-refractivity contribution in [3.63, 3.8) is 0 Å². The van der Waals surface area contributed by atoms with Crippen LogP contribution in [0.15, 0.2) is 17.3 Å². The van der Waals surface area contributed by atoms with E-state index < -0.39 is 12.8 Å². The molecule has 11 heavy (non-hydrogen) atoms. The number of aliphatic imine (C=N–C) groups is 1. The number of rotatable bonds is 3. The molecule has 0 radical (unpaired) electrons. The van der Waals surface area contributed by atoms with Gasteiger partial charge in [-0.05, 0) is 0 Å². The molecule has 0 aliphatic rings. The van der Waals surface area contributed by atoms with Crippen LogP contribution in [-0.2, 0) is 4.74 Å². The standard InChI is InChI=1S/C6H8F3NO/c1-5(3-10-2)11-4-6(7,8)9/h3H,1,4H2,2H3/b10-3-. The van der Waals surface area contributed by atoms with E-state index in [9.17, 15) is 13.2 Å². The predicted molar refractivity (Wildman–Crippen MR) is 35.6 cm³/mol. The fraction of sp³-hybridized carbons (Fsp3) is 0.500. The van der Waals surface area contributed by atoms with Crippen LogP contribution in [0.3, 0.4) is 0 Å². The molecule has 64 valence electrons. The lowest BCUT2D eigenvalue weighted by molar-refractivity contribution is -0.163. The monoisotopic (exact) mass is 167 g/mol. The second-order valence-electron chi connectivity index (χ2n) is 1.76. The van der Waals surface area contributed by atoms with E-state index >= 15 is 0 Å². The highest BCUT2D eigenvalue weighted by atomic mass is 19.4. The Labute approximate surface area is 62.4 Å². The summed E-state index contributed by atoms with van der Waals surface area (Å²) < 4.78 is 38.5. The van der Waals surface area contributed by atoms with Crippen LogP contribution in [-0.4, -0.2) is 26.0 Å². The van der Waals surface area contributed by atoms with Gasteiger partial charge in [-0.25, -0.2) is 0 Å². The van der Waals surface area contributed by atoms with Crippen molar-refractivity contribution >= 4 is 6.21 Å². The van der Waals surface area contributed by atoms with E-state index in [1.807, 2.05) is 0 Å². The Morgan fingerprint density at radius 1 is 1.64 bits per heavy atom. The lowest BCUT2D eigenvalue weighted by Crippen LogP contribution is -2.16. The molecule has 0 spiro atoms. The minimum absolute atomic E-state index is 0.0928. The van der Waals surface area contributed by atoms with Gasteiger partial charge < -0.3 is 4.74 Å². The van der Waals surface area contributed by atoms with E-state index in [1.165, 1.54) is 7.05 Å². The van der Waals surface area contributed by atoms with Crippen LogP contribution in [0.2, 0.25) is 0 Å². The van der Waals surface area contributed by atoms with E-state index in [-0.39, 0.29) is 5.76 Å². The topological polar surface area (TPSA) is 21.6 Å².